The Morgan fingerprint density at radius 1 is 1.59 bits per heavy atom. The third kappa shape index (κ3) is 3.45. The molecule has 1 amide bonds. The van der Waals surface area contributed by atoms with Gasteiger partial charge in [0.1, 0.15) is 0 Å². The van der Waals surface area contributed by atoms with E-state index in [1.165, 1.54) is 0 Å². The summed E-state index contributed by atoms with van der Waals surface area (Å²) in [5.74, 6) is 0.222. The third-order valence-electron chi connectivity index (χ3n) is 2.89. The number of hydrogen-bond acceptors (Lipinski definition) is 4. The maximum atomic E-state index is 11.8. The van der Waals surface area contributed by atoms with Crippen molar-refractivity contribution in [3.8, 4) is 0 Å². The average Bonchev–Trinajstić information content (AvgIpc) is 2.76. The van der Waals surface area contributed by atoms with Gasteiger partial charge in [0.05, 0.1) is 18.4 Å². The van der Waals surface area contributed by atoms with Gasteiger partial charge in [-0.2, -0.15) is 5.10 Å². The molecule has 1 saturated heterocycles. The molecule has 2 rings (SSSR count). The van der Waals surface area contributed by atoms with Crippen LogP contribution in [0.25, 0.3) is 0 Å². The summed E-state index contributed by atoms with van der Waals surface area (Å²) in [6, 6.07) is 0. The van der Waals surface area contributed by atoms with Gasteiger partial charge in [-0.3, -0.25) is 9.48 Å². The summed E-state index contributed by atoms with van der Waals surface area (Å²) in [7, 11) is 0. The minimum atomic E-state index is 0.103. The number of nitrogens with zero attached hydrogens (tertiary/aromatic N) is 2. The summed E-state index contributed by atoms with van der Waals surface area (Å²) in [5, 5.41) is 6.96. The van der Waals surface area contributed by atoms with E-state index in [0.717, 1.165) is 12.8 Å². The molecule has 0 aliphatic carbocycles. The van der Waals surface area contributed by atoms with E-state index < -0.39 is 0 Å². The van der Waals surface area contributed by atoms with Crippen LogP contribution in [0.2, 0.25) is 0 Å². The number of hydrogen-bond donors (Lipinski definition) is 2. The average molecular weight is 238 g/mol. The fraction of sp³-hybridized carbons (Fsp3) is 0.636. The van der Waals surface area contributed by atoms with Gasteiger partial charge in [0, 0.05) is 31.9 Å². The number of carbonyl (C=O) groups excluding carboxylic acids is 1. The summed E-state index contributed by atoms with van der Waals surface area (Å²) in [6.45, 7) is 2.60. The van der Waals surface area contributed by atoms with Crippen molar-refractivity contribution in [2.45, 2.75) is 19.4 Å². The van der Waals surface area contributed by atoms with E-state index in [4.69, 9.17) is 10.5 Å². The molecule has 3 N–H and O–H groups in total. The third-order valence-corrected chi connectivity index (χ3v) is 2.89. The fourth-order valence-corrected chi connectivity index (χ4v) is 1.90. The van der Waals surface area contributed by atoms with Crippen LogP contribution in [0.4, 0.5) is 5.69 Å². The summed E-state index contributed by atoms with van der Waals surface area (Å²) < 4.78 is 6.94. The summed E-state index contributed by atoms with van der Waals surface area (Å²) in [6.07, 6.45) is 4.99. The molecule has 0 radical (unpaired) electrons. The Kier molecular flexibility index (Phi) is 3.98. The number of anilines is 1. The number of nitrogen functional groups attached to an aromatic ring is 1. The van der Waals surface area contributed by atoms with Crippen LogP contribution in [-0.2, 0) is 16.1 Å². The molecule has 0 unspecified atom stereocenters. The molecular weight excluding hydrogens is 220 g/mol. The molecule has 0 atom stereocenters. The monoisotopic (exact) mass is 238 g/mol. The summed E-state index contributed by atoms with van der Waals surface area (Å²) in [5.41, 5.74) is 6.18. The van der Waals surface area contributed by atoms with E-state index in [1.54, 1.807) is 17.1 Å². The molecule has 17 heavy (non-hydrogen) atoms. The fourth-order valence-electron chi connectivity index (χ4n) is 1.90. The van der Waals surface area contributed by atoms with E-state index in [1.807, 2.05) is 0 Å². The van der Waals surface area contributed by atoms with Crippen LogP contribution in [-0.4, -0.2) is 35.4 Å². The molecule has 1 aliphatic rings. The molecule has 1 aromatic heterocycles. The largest absolute Gasteiger partial charge is 0.396 e. The van der Waals surface area contributed by atoms with E-state index in [2.05, 4.69) is 10.4 Å². The van der Waals surface area contributed by atoms with Gasteiger partial charge in [-0.05, 0) is 12.8 Å². The van der Waals surface area contributed by atoms with Crippen molar-refractivity contribution < 1.29 is 9.53 Å². The van der Waals surface area contributed by atoms with Crippen molar-refractivity contribution in [2.75, 3.05) is 25.5 Å². The quantitative estimate of drug-likeness (QED) is 0.774. The van der Waals surface area contributed by atoms with Crippen LogP contribution in [0.5, 0.6) is 0 Å². The lowest BCUT2D eigenvalue weighted by atomic mass is 9.99. The predicted molar refractivity (Wildman–Crippen MR) is 63.2 cm³/mol. The Labute approximate surface area is 100 Å². The predicted octanol–water partition coefficient (Wildman–Crippen LogP) is 0.00810. The smallest absolute Gasteiger partial charge is 0.223 e. The number of aromatic nitrogens is 2. The lowest BCUT2D eigenvalue weighted by molar-refractivity contribution is -0.127. The van der Waals surface area contributed by atoms with Crippen LogP contribution in [0, 0.1) is 5.92 Å². The molecule has 0 bridgehead atoms. The molecule has 6 heteroatoms. The number of amides is 1. The van der Waals surface area contributed by atoms with Gasteiger partial charge in [0.15, 0.2) is 0 Å². The molecule has 94 valence electrons. The van der Waals surface area contributed by atoms with Gasteiger partial charge in [-0.1, -0.05) is 0 Å². The first-order valence-electron chi connectivity index (χ1n) is 5.89. The first-order chi connectivity index (χ1) is 8.25. The number of nitrogens with one attached hydrogen (secondary N) is 1. The molecule has 0 saturated carbocycles. The van der Waals surface area contributed by atoms with E-state index in [0.29, 0.717) is 32.0 Å². The zero-order valence-corrected chi connectivity index (χ0v) is 9.76. The highest BCUT2D eigenvalue weighted by atomic mass is 16.5. The minimum absolute atomic E-state index is 0.103. The second kappa shape index (κ2) is 5.67. The van der Waals surface area contributed by atoms with Crippen molar-refractivity contribution in [1.82, 2.24) is 15.1 Å². The topological polar surface area (TPSA) is 82.2 Å². The Morgan fingerprint density at radius 3 is 3.00 bits per heavy atom. The molecule has 1 fully saturated rings. The molecule has 1 aliphatic heterocycles. The van der Waals surface area contributed by atoms with Crippen LogP contribution in [0.1, 0.15) is 12.8 Å². The van der Waals surface area contributed by atoms with Gasteiger partial charge in [-0.25, -0.2) is 0 Å². The van der Waals surface area contributed by atoms with Crippen molar-refractivity contribution in [3.05, 3.63) is 12.4 Å². The van der Waals surface area contributed by atoms with Crippen molar-refractivity contribution in [3.63, 3.8) is 0 Å². The van der Waals surface area contributed by atoms with Crippen molar-refractivity contribution >= 4 is 11.6 Å². The number of ether oxygens (including phenoxy) is 1. The highest BCUT2D eigenvalue weighted by molar-refractivity contribution is 5.78. The van der Waals surface area contributed by atoms with Gasteiger partial charge in [0.25, 0.3) is 0 Å². The normalized spacial score (nSPS) is 16.9. The second-order valence-electron chi connectivity index (χ2n) is 4.21. The minimum Gasteiger partial charge on any atom is -0.396 e. The van der Waals surface area contributed by atoms with E-state index >= 15 is 0 Å². The van der Waals surface area contributed by atoms with Crippen LogP contribution >= 0.6 is 0 Å². The zero-order valence-electron chi connectivity index (χ0n) is 9.76. The van der Waals surface area contributed by atoms with Crippen molar-refractivity contribution in [1.29, 1.82) is 0 Å². The van der Waals surface area contributed by atoms with E-state index in [9.17, 15) is 4.79 Å². The maximum absolute atomic E-state index is 11.8. The van der Waals surface area contributed by atoms with E-state index in [-0.39, 0.29) is 11.8 Å². The first-order valence-corrected chi connectivity index (χ1v) is 5.89. The van der Waals surface area contributed by atoms with Gasteiger partial charge >= 0.3 is 0 Å². The standard InChI is InChI=1S/C11H18N4O2/c12-10-7-14-15(8-10)4-3-13-11(16)9-1-5-17-6-2-9/h7-9H,1-6,12H2,(H,13,16). The molecule has 0 aromatic carbocycles. The highest BCUT2D eigenvalue weighted by Crippen LogP contribution is 2.14. The van der Waals surface area contributed by atoms with Crippen LogP contribution in [0.15, 0.2) is 12.4 Å². The van der Waals surface area contributed by atoms with Gasteiger partial charge in [-0.15, -0.1) is 0 Å². The number of nitrogens with two attached hydrogens (primary N) is 1. The highest BCUT2D eigenvalue weighted by Gasteiger charge is 2.20. The lowest BCUT2D eigenvalue weighted by Gasteiger charge is -2.21. The second-order valence-corrected chi connectivity index (χ2v) is 4.21. The Morgan fingerprint density at radius 2 is 2.35 bits per heavy atom. The molecule has 0 spiro atoms. The SMILES string of the molecule is Nc1cnn(CCNC(=O)C2CCOCC2)c1. The first kappa shape index (κ1) is 11.9. The number of carbonyl (C=O) groups is 1. The zero-order chi connectivity index (χ0) is 12.1. The lowest BCUT2D eigenvalue weighted by Crippen LogP contribution is -2.35. The molecule has 2 heterocycles. The van der Waals surface area contributed by atoms with Crippen LogP contribution < -0.4 is 11.1 Å². The maximum Gasteiger partial charge on any atom is 0.223 e. The number of rotatable bonds is 4. The molecular formula is C11H18N4O2. The van der Waals surface area contributed by atoms with Gasteiger partial charge in [0.2, 0.25) is 5.91 Å². The Hall–Kier alpha value is -1.56. The summed E-state index contributed by atoms with van der Waals surface area (Å²) >= 11 is 0. The Balaban J connectivity index is 1.69. The Bertz CT molecular complexity index is 371. The van der Waals surface area contributed by atoms with Gasteiger partial charge < -0.3 is 15.8 Å². The molecule has 1 aromatic rings. The van der Waals surface area contributed by atoms with Crippen LogP contribution in [0.3, 0.4) is 0 Å². The molecule has 6 nitrogen and oxygen atoms in total. The summed E-state index contributed by atoms with van der Waals surface area (Å²) in [4.78, 5) is 11.8. The van der Waals surface area contributed by atoms with Crippen molar-refractivity contribution in [2.24, 2.45) is 5.92 Å².